The lowest BCUT2D eigenvalue weighted by Crippen LogP contribution is -1.93. The van der Waals surface area contributed by atoms with E-state index in [4.69, 9.17) is 9.15 Å². The molecule has 17 heavy (non-hydrogen) atoms. The van der Waals surface area contributed by atoms with E-state index < -0.39 is 0 Å². The third-order valence-electron chi connectivity index (χ3n) is 2.09. The molecular weight excluding hydrogens is 236 g/mol. The van der Waals surface area contributed by atoms with Gasteiger partial charge in [-0.15, -0.1) is 10.2 Å². The van der Waals surface area contributed by atoms with Crippen LogP contribution in [-0.2, 0) is 0 Å². The first-order valence-corrected chi connectivity index (χ1v) is 6.52. The van der Waals surface area contributed by atoms with E-state index in [0.29, 0.717) is 17.7 Å². The SMILES string of the molecule is CCOc1ccccc1-c1nnc(SCC)o1. The first-order chi connectivity index (χ1) is 8.35. The van der Waals surface area contributed by atoms with Gasteiger partial charge in [-0.1, -0.05) is 30.8 Å². The van der Waals surface area contributed by atoms with Crippen molar-refractivity contribution in [2.75, 3.05) is 12.4 Å². The fourth-order valence-electron chi connectivity index (χ4n) is 1.43. The fourth-order valence-corrected chi connectivity index (χ4v) is 1.91. The largest absolute Gasteiger partial charge is 0.493 e. The van der Waals surface area contributed by atoms with Gasteiger partial charge < -0.3 is 9.15 Å². The molecule has 1 heterocycles. The molecule has 5 heteroatoms. The Balaban J connectivity index is 2.31. The molecule has 0 aliphatic carbocycles. The van der Waals surface area contributed by atoms with Crippen molar-refractivity contribution in [1.29, 1.82) is 0 Å². The second-order valence-corrected chi connectivity index (χ2v) is 4.45. The number of rotatable bonds is 5. The monoisotopic (exact) mass is 250 g/mol. The van der Waals surface area contributed by atoms with E-state index in [1.54, 1.807) is 0 Å². The Morgan fingerprint density at radius 3 is 2.82 bits per heavy atom. The van der Waals surface area contributed by atoms with E-state index in [1.807, 2.05) is 38.1 Å². The van der Waals surface area contributed by atoms with Gasteiger partial charge in [0.05, 0.1) is 12.2 Å². The van der Waals surface area contributed by atoms with E-state index in [1.165, 1.54) is 11.8 Å². The van der Waals surface area contributed by atoms with E-state index in [2.05, 4.69) is 10.2 Å². The molecule has 0 aliphatic rings. The standard InChI is InChI=1S/C12H14N2O2S/c1-3-15-10-8-6-5-7-9(10)11-13-14-12(16-11)17-4-2/h5-8H,3-4H2,1-2H3. The molecule has 0 radical (unpaired) electrons. The molecule has 0 saturated carbocycles. The van der Waals surface area contributed by atoms with Gasteiger partial charge in [0.15, 0.2) is 0 Å². The number of aromatic nitrogens is 2. The van der Waals surface area contributed by atoms with E-state index in [9.17, 15) is 0 Å². The van der Waals surface area contributed by atoms with Gasteiger partial charge in [0.1, 0.15) is 5.75 Å². The van der Waals surface area contributed by atoms with Crippen LogP contribution in [0.15, 0.2) is 33.9 Å². The summed E-state index contributed by atoms with van der Waals surface area (Å²) in [6.45, 7) is 4.60. The van der Waals surface area contributed by atoms with Crippen LogP contribution in [0.2, 0.25) is 0 Å². The van der Waals surface area contributed by atoms with Crippen LogP contribution in [0.1, 0.15) is 13.8 Å². The highest BCUT2D eigenvalue weighted by molar-refractivity contribution is 7.99. The molecule has 0 amide bonds. The second-order valence-electron chi connectivity index (χ2n) is 3.24. The Kier molecular flexibility index (Phi) is 4.03. The van der Waals surface area contributed by atoms with Gasteiger partial charge in [-0.3, -0.25) is 0 Å². The van der Waals surface area contributed by atoms with Gasteiger partial charge in [-0.2, -0.15) is 0 Å². The molecule has 0 bridgehead atoms. The average molecular weight is 250 g/mol. The zero-order valence-corrected chi connectivity index (χ0v) is 10.7. The summed E-state index contributed by atoms with van der Waals surface area (Å²) in [6, 6.07) is 7.66. The van der Waals surface area contributed by atoms with Crippen molar-refractivity contribution < 1.29 is 9.15 Å². The fraction of sp³-hybridized carbons (Fsp3) is 0.333. The first kappa shape index (κ1) is 12.0. The molecule has 0 aliphatic heterocycles. The van der Waals surface area contributed by atoms with Crippen LogP contribution in [0.25, 0.3) is 11.5 Å². The minimum atomic E-state index is 0.505. The summed E-state index contributed by atoms with van der Waals surface area (Å²) in [5.74, 6) is 2.19. The number of ether oxygens (including phenoxy) is 1. The highest BCUT2D eigenvalue weighted by atomic mass is 32.2. The van der Waals surface area contributed by atoms with Crippen LogP contribution < -0.4 is 4.74 Å². The Morgan fingerprint density at radius 1 is 1.24 bits per heavy atom. The van der Waals surface area contributed by atoms with Crippen molar-refractivity contribution in [2.24, 2.45) is 0 Å². The van der Waals surface area contributed by atoms with Gasteiger partial charge >= 0.3 is 0 Å². The van der Waals surface area contributed by atoms with E-state index in [0.717, 1.165) is 17.1 Å². The maximum absolute atomic E-state index is 5.56. The molecule has 1 aromatic carbocycles. The van der Waals surface area contributed by atoms with Crippen LogP contribution in [0.3, 0.4) is 0 Å². The molecule has 0 fully saturated rings. The molecule has 2 rings (SSSR count). The second kappa shape index (κ2) is 5.72. The van der Waals surface area contributed by atoms with Gasteiger partial charge in [0.2, 0.25) is 0 Å². The molecule has 0 N–H and O–H groups in total. The van der Waals surface area contributed by atoms with Crippen molar-refractivity contribution in [3.63, 3.8) is 0 Å². The number of thioether (sulfide) groups is 1. The average Bonchev–Trinajstić information content (AvgIpc) is 2.79. The normalized spacial score (nSPS) is 10.5. The van der Waals surface area contributed by atoms with E-state index in [-0.39, 0.29) is 0 Å². The maximum Gasteiger partial charge on any atom is 0.276 e. The maximum atomic E-state index is 5.56. The Bertz CT molecular complexity index is 485. The summed E-state index contributed by atoms with van der Waals surface area (Å²) in [6.07, 6.45) is 0. The van der Waals surface area contributed by atoms with Crippen LogP contribution in [0.5, 0.6) is 5.75 Å². The van der Waals surface area contributed by atoms with Gasteiger partial charge in [-0.05, 0) is 24.8 Å². The molecule has 90 valence electrons. The minimum absolute atomic E-state index is 0.505. The number of benzene rings is 1. The van der Waals surface area contributed by atoms with Crippen LogP contribution >= 0.6 is 11.8 Å². The lowest BCUT2D eigenvalue weighted by Gasteiger charge is -2.05. The quantitative estimate of drug-likeness (QED) is 0.762. The molecule has 0 atom stereocenters. The number of hydrogen-bond donors (Lipinski definition) is 0. The molecule has 1 aromatic heterocycles. The number of hydrogen-bond acceptors (Lipinski definition) is 5. The Morgan fingerprint density at radius 2 is 2.06 bits per heavy atom. The third-order valence-corrected chi connectivity index (χ3v) is 2.79. The van der Waals surface area contributed by atoms with Crippen LogP contribution in [0, 0.1) is 0 Å². The molecule has 4 nitrogen and oxygen atoms in total. The Hall–Kier alpha value is -1.49. The third kappa shape index (κ3) is 2.79. The predicted molar refractivity (Wildman–Crippen MR) is 67.3 cm³/mol. The van der Waals surface area contributed by atoms with Gasteiger partial charge in [0.25, 0.3) is 11.1 Å². The smallest absolute Gasteiger partial charge is 0.276 e. The molecule has 0 unspecified atom stereocenters. The van der Waals surface area contributed by atoms with Gasteiger partial charge in [-0.25, -0.2) is 0 Å². The van der Waals surface area contributed by atoms with Crippen molar-refractivity contribution >= 4 is 11.8 Å². The van der Waals surface area contributed by atoms with Crippen LogP contribution in [-0.4, -0.2) is 22.6 Å². The molecule has 0 spiro atoms. The van der Waals surface area contributed by atoms with Crippen molar-refractivity contribution in [3.8, 4) is 17.2 Å². The summed E-state index contributed by atoms with van der Waals surface area (Å²) < 4.78 is 11.1. The van der Waals surface area contributed by atoms with Crippen molar-refractivity contribution in [1.82, 2.24) is 10.2 Å². The summed E-state index contributed by atoms with van der Waals surface area (Å²) in [5.41, 5.74) is 0.838. The summed E-state index contributed by atoms with van der Waals surface area (Å²) in [4.78, 5) is 0. The summed E-state index contributed by atoms with van der Waals surface area (Å²) >= 11 is 1.53. The van der Waals surface area contributed by atoms with Crippen molar-refractivity contribution in [3.05, 3.63) is 24.3 Å². The zero-order valence-electron chi connectivity index (χ0n) is 9.84. The van der Waals surface area contributed by atoms with Crippen LogP contribution in [0.4, 0.5) is 0 Å². The first-order valence-electron chi connectivity index (χ1n) is 5.53. The van der Waals surface area contributed by atoms with E-state index >= 15 is 0 Å². The molecule has 2 aromatic rings. The topological polar surface area (TPSA) is 48.2 Å². The highest BCUT2D eigenvalue weighted by Crippen LogP contribution is 2.30. The molecule has 0 saturated heterocycles. The highest BCUT2D eigenvalue weighted by Gasteiger charge is 2.12. The minimum Gasteiger partial charge on any atom is -0.493 e. The van der Waals surface area contributed by atoms with Crippen molar-refractivity contribution in [2.45, 2.75) is 19.1 Å². The lowest BCUT2D eigenvalue weighted by atomic mass is 10.2. The summed E-state index contributed by atoms with van der Waals surface area (Å²) in [7, 11) is 0. The summed E-state index contributed by atoms with van der Waals surface area (Å²) in [5, 5.41) is 8.60. The predicted octanol–water partition coefficient (Wildman–Crippen LogP) is 3.25. The lowest BCUT2D eigenvalue weighted by molar-refractivity contribution is 0.340. The number of nitrogens with zero attached hydrogens (tertiary/aromatic N) is 2. The Labute approximate surface area is 104 Å². The van der Waals surface area contributed by atoms with Gasteiger partial charge in [0, 0.05) is 0 Å². The zero-order chi connectivity index (χ0) is 12.1. The molecular formula is C12H14N2O2S. The number of para-hydroxylation sites is 1.